The van der Waals surface area contributed by atoms with Gasteiger partial charge < -0.3 is 9.84 Å². The van der Waals surface area contributed by atoms with E-state index in [9.17, 15) is 9.90 Å². The summed E-state index contributed by atoms with van der Waals surface area (Å²) in [4.78, 5) is 16.1. The molecule has 2 heterocycles. The van der Waals surface area contributed by atoms with Crippen LogP contribution >= 0.6 is 0 Å². The molecule has 3 rings (SSSR count). The van der Waals surface area contributed by atoms with Crippen molar-refractivity contribution in [3.8, 4) is 17.7 Å². The predicted molar refractivity (Wildman–Crippen MR) is 84.0 cm³/mol. The van der Waals surface area contributed by atoms with E-state index >= 15 is 0 Å². The number of benzene rings is 1. The van der Waals surface area contributed by atoms with E-state index in [0.29, 0.717) is 22.6 Å². The van der Waals surface area contributed by atoms with Crippen molar-refractivity contribution < 1.29 is 9.84 Å². The number of fused-ring (bicyclic) bond motifs is 1. The fraction of sp³-hybridized carbons (Fsp3) is 0.235. The van der Waals surface area contributed by atoms with Gasteiger partial charge in [-0.25, -0.2) is 4.98 Å². The highest BCUT2D eigenvalue weighted by Crippen LogP contribution is 2.41. The Bertz CT molecular complexity index is 933. The maximum atomic E-state index is 12.3. The van der Waals surface area contributed by atoms with Crippen LogP contribution in [0.5, 0.6) is 11.6 Å². The molecule has 0 spiro atoms. The lowest BCUT2D eigenvalue weighted by atomic mass is 9.90. The van der Waals surface area contributed by atoms with Gasteiger partial charge in [-0.05, 0) is 44.5 Å². The monoisotopic (exact) mass is 309 g/mol. The third-order valence-corrected chi connectivity index (χ3v) is 4.02. The second kappa shape index (κ2) is 4.99. The molecule has 1 N–H and O–H groups in total. The number of ether oxygens (including phenoxy) is 1. The molecule has 6 heteroatoms. The Labute approximate surface area is 132 Å². The first kappa shape index (κ1) is 14.9. The van der Waals surface area contributed by atoms with Gasteiger partial charge in [0, 0.05) is 5.56 Å². The molecule has 1 aliphatic heterocycles. The minimum Gasteiger partial charge on any atom is -0.493 e. The zero-order chi connectivity index (χ0) is 16.8. The van der Waals surface area contributed by atoms with Crippen molar-refractivity contribution >= 4 is 5.70 Å². The Hall–Kier alpha value is -3.07. The van der Waals surface area contributed by atoms with Crippen molar-refractivity contribution in [2.24, 2.45) is 0 Å². The van der Waals surface area contributed by atoms with E-state index in [-0.39, 0.29) is 5.88 Å². The number of nitrogens with zero attached hydrogens (tertiary/aromatic N) is 3. The van der Waals surface area contributed by atoms with Gasteiger partial charge in [0.05, 0.1) is 23.4 Å². The average molecular weight is 309 g/mol. The molecule has 0 fully saturated rings. The first-order valence-electron chi connectivity index (χ1n) is 7.06. The molecule has 0 saturated heterocycles. The van der Waals surface area contributed by atoms with Gasteiger partial charge >= 0.3 is 0 Å². The zero-order valence-corrected chi connectivity index (χ0v) is 13.0. The minimum absolute atomic E-state index is 0.332. The minimum atomic E-state index is -0.617. The lowest BCUT2D eigenvalue weighted by Crippen LogP contribution is -2.36. The molecule has 1 aromatic carbocycles. The molecule has 0 radical (unpaired) electrons. The second-order valence-electron chi connectivity index (χ2n) is 5.86. The van der Waals surface area contributed by atoms with E-state index in [2.05, 4.69) is 11.1 Å². The summed E-state index contributed by atoms with van der Waals surface area (Å²) in [5, 5.41) is 18.5. The molecule has 2 aromatic rings. The summed E-state index contributed by atoms with van der Waals surface area (Å²) in [6.45, 7) is 5.68. The van der Waals surface area contributed by atoms with Gasteiger partial charge in [-0.3, -0.25) is 9.36 Å². The van der Waals surface area contributed by atoms with Gasteiger partial charge in [0.25, 0.3) is 5.56 Å². The number of hydrogen-bond acceptors (Lipinski definition) is 5. The highest BCUT2D eigenvalue weighted by molar-refractivity contribution is 5.77. The Kier molecular flexibility index (Phi) is 3.22. The van der Waals surface area contributed by atoms with Crippen LogP contribution in [0.15, 0.2) is 41.0 Å². The SMILES string of the molecule is CC1=C(n2cnc(O)cc2=O)c2cc(C#N)ccc2OC1(C)C. The molecule has 116 valence electrons. The van der Waals surface area contributed by atoms with Gasteiger partial charge in [-0.1, -0.05) is 0 Å². The number of hydrogen-bond donors (Lipinski definition) is 1. The molecule has 0 saturated carbocycles. The molecule has 1 aromatic heterocycles. The lowest BCUT2D eigenvalue weighted by molar-refractivity contribution is 0.143. The molecular formula is C17H15N3O3. The second-order valence-corrected chi connectivity index (χ2v) is 5.86. The Morgan fingerprint density at radius 3 is 2.74 bits per heavy atom. The van der Waals surface area contributed by atoms with Crippen molar-refractivity contribution in [3.63, 3.8) is 0 Å². The van der Waals surface area contributed by atoms with Gasteiger partial charge in [0.2, 0.25) is 5.88 Å². The molecule has 1 aliphatic rings. The predicted octanol–water partition coefficient (Wildman–Crippen LogP) is 2.27. The average Bonchev–Trinajstić information content (AvgIpc) is 2.49. The third kappa shape index (κ3) is 2.36. The maximum Gasteiger partial charge on any atom is 0.261 e. The van der Waals surface area contributed by atoms with E-state index in [0.717, 1.165) is 11.6 Å². The first-order valence-corrected chi connectivity index (χ1v) is 7.06. The number of nitriles is 1. The summed E-state index contributed by atoms with van der Waals surface area (Å²) >= 11 is 0. The fourth-order valence-electron chi connectivity index (χ4n) is 2.58. The Balaban J connectivity index is 2.36. The highest BCUT2D eigenvalue weighted by Gasteiger charge is 2.33. The molecule has 23 heavy (non-hydrogen) atoms. The summed E-state index contributed by atoms with van der Waals surface area (Å²) in [7, 11) is 0. The molecule has 0 aliphatic carbocycles. The van der Waals surface area contributed by atoms with Crippen LogP contribution < -0.4 is 10.3 Å². The van der Waals surface area contributed by atoms with Crippen LogP contribution in [0.1, 0.15) is 31.9 Å². The molecule has 0 bridgehead atoms. The number of rotatable bonds is 1. The smallest absolute Gasteiger partial charge is 0.261 e. The summed E-state index contributed by atoms with van der Waals surface area (Å²) in [6, 6.07) is 8.22. The molecule has 0 atom stereocenters. The largest absolute Gasteiger partial charge is 0.493 e. The Morgan fingerprint density at radius 2 is 2.09 bits per heavy atom. The van der Waals surface area contributed by atoms with Crippen molar-refractivity contribution in [2.45, 2.75) is 26.4 Å². The molecule has 0 unspecified atom stereocenters. The van der Waals surface area contributed by atoms with Gasteiger partial charge in [-0.2, -0.15) is 5.26 Å². The standard InChI is InChI=1S/C17H15N3O3/c1-10-16(20-9-19-14(21)7-15(20)22)12-6-11(8-18)4-5-13(12)23-17(10,2)3/h4-7,9,21H,1-3H3. The third-order valence-electron chi connectivity index (χ3n) is 4.02. The lowest BCUT2D eigenvalue weighted by Gasteiger charge is -2.35. The Morgan fingerprint density at radius 1 is 1.35 bits per heavy atom. The summed E-state index contributed by atoms with van der Waals surface area (Å²) in [5.74, 6) is 0.261. The van der Waals surface area contributed by atoms with Gasteiger partial charge in [0.1, 0.15) is 17.7 Å². The van der Waals surface area contributed by atoms with Gasteiger partial charge in [-0.15, -0.1) is 0 Å². The highest BCUT2D eigenvalue weighted by atomic mass is 16.5. The van der Waals surface area contributed by atoms with Crippen molar-refractivity contribution in [1.82, 2.24) is 9.55 Å². The van der Waals surface area contributed by atoms with Crippen LogP contribution in [0.3, 0.4) is 0 Å². The van der Waals surface area contributed by atoms with Crippen molar-refractivity contribution in [3.05, 3.63) is 57.6 Å². The van der Waals surface area contributed by atoms with Crippen molar-refractivity contribution in [2.75, 3.05) is 0 Å². The van der Waals surface area contributed by atoms with Crippen LogP contribution in [0.2, 0.25) is 0 Å². The summed E-state index contributed by atoms with van der Waals surface area (Å²) in [5.41, 5.74) is 1.54. The summed E-state index contributed by atoms with van der Waals surface area (Å²) in [6.07, 6.45) is 1.28. The summed E-state index contributed by atoms with van der Waals surface area (Å²) < 4.78 is 7.35. The molecule has 6 nitrogen and oxygen atoms in total. The van der Waals surface area contributed by atoms with E-state index in [1.54, 1.807) is 18.2 Å². The van der Waals surface area contributed by atoms with E-state index in [1.807, 2.05) is 20.8 Å². The fourth-order valence-corrected chi connectivity index (χ4v) is 2.58. The maximum absolute atomic E-state index is 12.3. The number of aromatic hydroxyl groups is 1. The quantitative estimate of drug-likeness (QED) is 0.873. The van der Waals surface area contributed by atoms with Crippen LogP contribution in [0, 0.1) is 11.3 Å². The van der Waals surface area contributed by atoms with Crippen LogP contribution in [-0.2, 0) is 0 Å². The van der Waals surface area contributed by atoms with Gasteiger partial charge in [0.15, 0.2) is 0 Å². The topological polar surface area (TPSA) is 88.1 Å². The van der Waals surface area contributed by atoms with Crippen LogP contribution in [0.4, 0.5) is 0 Å². The van der Waals surface area contributed by atoms with E-state index in [4.69, 9.17) is 10.00 Å². The van der Waals surface area contributed by atoms with Crippen LogP contribution in [0.25, 0.3) is 5.70 Å². The molecular weight excluding hydrogens is 294 g/mol. The first-order chi connectivity index (χ1) is 10.8. The van der Waals surface area contributed by atoms with E-state index < -0.39 is 11.2 Å². The molecule has 0 amide bonds. The number of aromatic nitrogens is 2. The van der Waals surface area contributed by atoms with Crippen LogP contribution in [-0.4, -0.2) is 20.3 Å². The normalized spacial score (nSPS) is 15.6. The zero-order valence-electron chi connectivity index (χ0n) is 13.0. The van der Waals surface area contributed by atoms with Crippen molar-refractivity contribution in [1.29, 1.82) is 5.26 Å². The van der Waals surface area contributed by atoms with E-state index in [1.165, 1.54) is 10.9 Å².